The Bertz CT molecular complexity index is 697. The van der Waals surface area contributed by atoms with Crippen LogP contribution in [-0.2, 0) is 20.9 Å². The molecular weight excluding hydrogens is 366 g/mol. The van der Waals surface area contributed by atoms with Crippen molar-refractivity contribution in [3.05, 3.63) is 29.8 Å². The minimum absolute atomic E-state index is 0.0108. The second kappa shape index (κ2) is 9.16. The Balaban J connectivity index is 1.50. The molecule has 0 bridgehead atoms. The molecule has 6 heteroatoms. The summed E-state index contributed by atoms with van der Waals surface area (Å²) in [5.74, 6) is 0.374. The molecule has 0 aliphatic carbocycles. The van der Waals surface area contributed by atoms with Crippen LogP contribution >= 0.6 is 0 Å². The molecule has 2 aliphatic rings. The molecule has 0 unspecified atom stereocenters. The van der Waals surface area contributed by atoms with Gasteiger partial charge in [0.25, 0.3) is 0 Å². The highest BCUT2D eigenvalue weighted by atomic mass is 16.5. The van der Waals surface area contributed by atoms with Crippen LogP contribution in [0.15, 0.2) is 24.3 Å². The highest BCUT2D eigenvalue weighted by molar-refractivity contribution is 5.82. The molecule has 1 aromatic rings. The van der Waals surface area contributed by atoms with E-state index in [2.05, 4.69) is 29.2 Å². The third kappa shape index (κ3) is 5.50. The maximum absolute atomic E-state index is 12.9. The van der Waals surface area contributed by atoms with E-state index in [0.717, 1.165) is 44.7 Å². The van der Waals surface area contributed by atoms with E-state index in [1.807, 2.05) is 37.6 Å². The molecule has 0 N–H and O–H groups in total. The zero-order valence-corrected chi connectivity index (χ0v) is 18.3. The number of rotatable bonds is 4. The molecule has 0 radical (unpaired) electrons. The molecule has 2 amide bonds. The predicted molar refractivity (Wildman–Crippen MR) is 115 cm³/mol. The Labute approximate surface area is 174 Å². The van der Waals surface area contributed by atoms with Crippen molar-refractivity contribution in [3.63, 3.8) is 0 Å². The van der Waals surface area contributed by atoms with Crippen LogP contribution in [0.2, 0.25) is 0 Å². The first kappa shape index (κ1) is 21.6. The number of hydrogen-bond donors (Lipinski definition) is 0. The number of piperidine rings is 1. The SMILES string of the molecule is CN(Cc1ccc(N2CCOCC2)cc1)C(=O)C1CCN(C(=O)C(C)(C)C)CC1. The number of benzene rings is 1. The lowest BCUT2D eigenvalue weighted by atomic mass is 9.90. The van der Waals surface area contributed by atoms with E-state index in [-0.39, 0.29) is 23.1 Å². The summed E-state index contributed by atoms with van der Waals surface area (Å²) < 4.78 is 5.41. The lowest BCUT2D eigenvalue weighted by Crippen LogP contribution is -2.46. The fourth-order valence-electron chi connectivity index (χ4n) is 4.10. The van der Waals surface area contributed by atoms with Crippen molar-refractivity contribution in [3.8, 4) is 0 Å². The third-order valence-corrected chi connectivity index (χ3v) is 5.88. The lowest BCUT2D eigenvalue weighted by molar-refractivity contribution is -0.144. The number of nitrogens with zero attached hydrogens (tertiary/aromatic N) is 3. The van der Waals surface area contributed by atoms with Gasteiger partial charge in [-0.05, 0) is 30.5 Å². The van der Waals surface area contributed by atoms with Gasteiger partial charge in [-0.2, -0.15) is 0 Å². The summed E-state index contributed by atoms with van der Waals surface area (Å²) in [7, 11) is 1.88. The number of hydrogen-bond acceptors (Lipinski definition) is 4. The lowest BCUT2D eigenvalue weighted by Gasteiger charge is -2.36. The molecule has 2 fully saturated rings. The van der Waals surface area contributed by atoms with Gasteiger partial charge in [0.1, 0.15) is 0 Å². The van der Waals surface area contributed by atoms with Crippen LogP contribution in [0.5, 0.6) is 0 Å². The van der Waals surface area contributed by atoms with Crippen LogP contribution in [0, 0.1) is 11.3 Å². The summed E-state index contributed by atoms with van der Waals surface area (Å²) in [6.07, 6.45) is 1.50. The molecule has 6 nitrogen and oxygen atoms in total. The van der Waals surface area contributed by atoms with Gasteiger partial charge >= 0.3 is 0 Å². The number of likely N-dealkylation sites (tertiary alicyclic amines) is 1. The van der Waals surface area contributed by atoms with Crippen LogP contribution in [-0.4, -0.2) is 68.1 Å². The van der Waals surface area contributed by atoms with Gasteiger partial charge in [0.15, 0.2) is 0 Å². The molecule has 3 rings (SSSR count). The second-order valence-electron chi connectivity index (χ2n) is 9.28. The van der Waals surface area contributed by atoms with E-state index in [0.29, 0.717) is 19.6 Å². The first-order valence-electron chi connectivity index (χ1n) is 10.7. The highest BCUT2D eigenvalue weighted by Crippen LogP contribution is 2.25. The zero-order valence-electron chi connectivity index (χ0n) is 18.3. The van der Waals surface area contributed by atoms with E-state index in [4.69, 9.17) is 4.74 Å². The van der Waals surface area contributed by atoms with Crippen LogP contribution in [0.1, 0.15) is 39.2 Å². The van der Waals surface area contributed by atoms with Gasteiger partial charge in [0.2, 0.25) is 11.8 Å². The molecule has 1 aromatic carbocycles. The Morgan fingerprint density at radius 2 is 1.62 bits per heavy atom. The minimum atomic E-state index is -0.360. The maximum Gasteiger partial charge on any atom is 0.227 e. The Hall–Kier alpha value is -2.08. The minimum Gasteiger partial charge on any atom is -0.378 e. The summed E-state index contributed by atoms with van der Waals surface area (Å²) in [5, 5.41) is 0. The number of carbonyl (C=O) groups is 2. The third-order valence-electron chi connectivity index (χ3n) is 5.88. The number of amides is 2. The van der Waals surface area contributed by atoms with E-state index in [1.54, 1.807) is 0 Å². The molecule has 160 valence electrons. The fourth-order valence-corrected chi connectivity index (χ4v) is 4.10. The summed E-state index contributed by atoms with van der Waals surface area (Å²) in [6.45, 7) is 11.2. The number of carbonyl (C=O) groups excluding carboxylic acids is 2. The fraction of sp³-hybridized carbons (Fsp3) is 0.652. The molecule has 2 heterocycles. The number of anilines is 1. The number of ether oxygens (including phenoxy) is 1. The Kier molecular flexibility index (Phi) is 6.83. The quantitative estimate of drug-likeness (QED) is 0.779. The molecule has 0 aromatic heterocycles. The van der Waals surface area contributed by atoms with Gasteiger partial charge in [-0.3, -0.25) is 9.59 Å². The smallest absolute Gasteiger partial charge is 0.227 e. The topological polar surface area (TPSA) is 53.1 Å². The summed E-state index contributed by atoms with van der Waals surface area (Å²) in [4.78, 5) is 31.4. The van der Waals surface area contributed by atoms with Gasteiger partial charge < -0.3 is 19.4 Å². The predicted octanol–water partition coefficient (Wildman–Crippen LogP) is 2.77. The van der Waals surface area contributed by atoms with Crippen molar-refractivity contribution in [2.75, 3.05) is 51.3 Å². The van der Waals surface area contributed by atoms with Crippen molar-refractivity contribution in [2.24, 2.45) is 11.3 Å². The molecule has 0 spiro atoms. The summed E-state index contributed by atoms with van der Waals surface area (Å²) in [6, 6.07) is 8.49. The highest BCUT2D eigenvalue weighted by Gasteiger charge is 2.33. The average Bonchev–Trinajstić information content (AvgIpc) is 2.73. The van der Waals surface area contributed by atoms with E-state index < -0.39 is 0 Å². The zero-order chi connectivity index (χ0) is 21.0. The molecular formula is C23H35N3O3. The summed E-state index contributed by atoms with van der Waals surface area (Å²) >= 11 is 0. The van der Waals surface area contributed by atoms with E-state index in [1.165, 1.54) is 5.69 Å². The van der Waals surface area contributed by atoms with E-state index >= 15 is 0 Å². The molecule has 0 saturated carbocycles. The molecule has 2 aliphatic heterocycles. The largest absolute Gasteiger partial charge is 0.378 e. The monoisotopic (exact) mass is 401 g/mol. The average molecular weight is 402 g/mol. The van der Waals surface area contributed by atoms with Gasteiger partial charge in [-0.15, -0.1) is 0 Å². The molecule has 29 heavy (non-hydrogen) atoms. The van der Waals surface area contributed by atoms with Gasteiger partial charge in [-0.25, -0.2) is 0 Å². The molecule has 2 saturated heterocycles. The van der Waals surface area contributed by atoms with Crippen molar-refractivity contribution in [1.29, 1.82) is 0 Å². The summed E-state index contributed by atoms with van der Waals surface area (Å²) in [5.41, 5.74) is 1.99. The van der Waals surface area contributed by atoms with Crippen LogP contribution in [0.3, 0.4) is 0 Å². The van der Waals surface area contributed by atoms with Crippen molar-refractivity contribution >= 4 is 17.5 Å². The van der Waals surface area contributed by atoms with Crippen molar-refractivity contribution in [1.82, 2.24) is 9.80 Å². The number of morpholine rings is 1. The van der Waals surface area contributed by atoms with Crippen LogP contribution in [0.4, 0.5) is 5.69 Å². The van der Waals surface area contributed by atoms with Crippen LogP contribution in [0.25, 0.3) is 0 Å². The van der Waals surface area contributed by atoms with Gasteiger partial charge in [-0.1, -0.05) is 32.9 Å². The maximum atomic E-state index is 12.9. The Morgan fingerprint density at radius 3 is 2.17 bits per heavy atom. The van der Waals surface area contributed by atoms with E-state index in [9.17, 15) is 9.59 Å². The second-order valence-corrected chi connectivity index (χ2v) is 9.28. The first-order valence-corrected chi connectivity index (χ1v) is 10.7. The Morgan fingerprint density at radius 1 is 1.03 bits per heavy atom. The van der Waals surface area contributed by atoms with Gasteiger partial charge in [0.05, 0.1) is 13.2 Å². The van der Waals surface area contributed by atoms with Crippen molar-refractivity contribution in [2.45, 2.75) is 40.2 Å². The normalized spacial score (nSPS) is 18.6. The molecule has 0 atom stereocenters. The van der Waals surface area contributed by atoms with Crippen molar-refractivity contribution < 1.29 is 14.3 Å². The standard InChI is InChI=1S/C23H35N3O3/c1-23(2,3)22(28)26-11-9-19(10-12-26)21(27)24(4)17-18-5-7-20(8-6-18)25-13-15-29-16-14-25/h5-8,19H,9-17H2,1-4H3. The van der Waals surface area contributed by atoms with Crippen LogP contribution < -0.4 is 4.90 Å². The van der Waals surface area contributed by atoms with Gasteiger partial charge in [0, 0.05) is 56.8 Å². The first-order chi connectivity index (χ1) is 13.8.